The number of hydrogen-bond donors (Lipinski definition) is 1. The number of benzene rings is 1. The van der Waals surface area contributed by atoms with Crippen molar-refractivity contribution in [2.24, 2.45) is 5.73 Å². The molecule has 0 spiro atoms. The van der Waals surface area contributed by atoms with Gasteiger partial charge in [0.15, 0.2) is 11.9 Å². The maximum absolute atomic E-state index is 12.0. The van der Waals surface area contributed by atoms with Gasteiger partial charge >= 0.3 is 0 Å². The smallest absolute Gasteiger partial charge is 0.273 e. The van der Waals surface area contributed by atoms with E-state index in [4.69, 9.17) is 10.5 Å². The summed E-state index contributed by atoms with van der Waals surface area (Å²) >= 11 is 0. The van der Waals surface area contributed by atoms with Crippen molar-refractivity contribution in [3.63, 3.8) is 0 Å². The number of nitrogens with two attached hydrogens (primary N) is 1. The number of fused-ring (bicyclic) bond motifs is 1. The van der Waals surface area contributed by atoms with E-state index in [-0.39, 0.29) is 11.6 Å². The lowest BCUT2D eigenvalue weighted by atomic mass is 10.1. The van der Waals surface area contributed by atoms with Crippen LogP contribution in [0.25, 0.3) is 0 Å². The zero-order valence-electron chi connectivity index (χ0n) is 10.5. The minimum Gasteiger partial charge on any atom is -0.478 e. The molecular weight excluding hydrogens is 250 g/mol. The van der Waals surface area contributed by atoms with Gasteiger partial charge in [0, 0.05) is 12.6 Å². The number of nitrogens with zero attached hydrogens (tertiary/aromatic N) is 2. The topological polar surface area (TPSA) is 98.7 Å². The molecule has 2 rings (SSSR count). The first-order valence-corrected chi connectivity index (χ1v) is 6.01. The SMILES string of the molecule is CC1Oc2cc([N+](=O)[O-])ccc2N(CCCN)C1=O. The predicted octanol–water partition coefficient (Wildman–Crippen LogP) is 1.06. The number of carbonyl (C=O) groups excluding carboxylic acids is 1. The summed E-state index contributed by atoms with van der Waals surface area (Å²) in [4.78, 5) is 23.9. The van der Waals surface area contributed by atoms with Gasteiger partial charge in [-0.1, -0.05) is 0 Å². The van der Waals surface area contributed by atoms with Gasteiger partial charge < -0.3 is 15.4 Å². The number of hydrogen-bond acceptors (Lipinski definition) is 5. The Labute approximate surface area is 110 Å². The van der Waals surface area contributed by atoms with Gasteiger partial charge in [-0.2, -0.15) is 0 Å². The molecule has 7 heteroatoms. The molecule has 1 amide bonds. The lowest BCUT2D eigenvalue weighted by molar-refractivity contribution is -0.384. The van der Waals surface area contributed by atoms with Crippen LogP contribution in [0.15, 0.2) is 18.2 Å². The molecule has 0 aromatic heterocycles. The summed E-state index contributed by atoms with van der Waals surface area (Å²) in [6, 6.07) is 4.24. The molecule has 102 valence electrons. The molecule has 1 aromatic rings. The van der Waals surface area contributed by atoms with Crippen molar-refractivity contribution in [2.75, 3.05) is 18.0 Å². The fourth-order valence-corrected chi connectivity index (χ4v) is 1.99. The normalized spacial score (nSPS) is 17.9. The molecular formula is C12H15N3O4. The van der Waals surface area contributed by atoms with Crippen LogP contribution in [0, 0.1) is 10.1 Å². The molecule has 0 saturated heterocycles. The van der Waals surface area contributed by atoms with E-state index < -0.39 is 11.0 Å². The molecule has 1 unspecified atom stereocenters. The average molecular weight is 265 g/mol. The molecule has 1 aliphatic heterocycles. The maximum atomic E-state index is 12.0. The molecule has 0 bridgehead atoms. The third-order valence-electron chi connectivity index (χ3n) is 2.95. The standard InChI is InChI=1S/C12H15N3O4/c1-8-12(16)14(6-2-5-13)10-4-3-9(15(17)18)7-11(10)19-8/h3-4,7-8H,2,5-6,13H2,1H3. The lowest BCUT2D eigenvalue weighted by Crippen LogP contribution is -2.45. The number of ether oxygens (including phenoxy) is 1. The number of non-ortho nitro benzene ring substituents is 1. The Kier molecular flexibility index (Phi) is 3.66. The van der Waals surface area contributed by atoms with Crippen molar-refractivity contribution in [2.45, 2.75) is 19.4 Å². The molecule has 0 saturated carbocycles. The van der Waals surface area contributed by atoms with E-state index in [2.05, 4.69) is 0 Å². The van der Waals surface area contributed by atoms with Crippen LogP contribution in [0.5, 0.6) is 5.75 Å². The molecule has 7 nitrogen and oxygen atoms in total. The van der Waals surface area contributed by atoms with E-state index in [9.17, 15) is 14.9 Å². The Morgan fingerprint density at radius 1 is 1.53 bits per heavy atom. The molecule has 1 heterocycles. The average Bonchev–Trinajstić information content (AvgIpc) is 2.38. The third kappa shape index (κ3) is 2.50. The second-order valence-electron chi connectivity index (χ2n) is 4.30. The van der Waals surface area contributed by atoms with Gasteiger partial charge in [0.25, 0.3) is 11.6 Å². The Morgan fingerprint density at radius 3 is 2.89 bits per heavy atom. The first-order valence-electron chi connectivity index (χ1n) is 6.01. The van der Waals surface area contributed by atoms with Crippen LogP contribution in [0.1, 0.15) is 13.3 Å². The zero-order chi connectivity index (χ0) is 14.0. The number of carbonyl (C=O) groups is 1. The summed E-state index contributed by atoms with van der Waals surface area (Å²) < 4.78 is 5.42. The van der Waals surface area contributed by atoms with Crippen LogP contribution in [-0.2, 0) is 4.79 Å². The molecule has 1 atom stereocenters. The van der Waals surface area contributed by atoms with E-state index in [0.29, 0.717) is 30.9 Å². The lowest BCUT2D eigenvalue weighted by Gasteiger charge is -2.32. The first-order chi connectivity index (χ1) is 9.04. The minimum absolute atomic E-state index is 0.0564. The minimum atomic E-state index is -0.646. The van der Waals surface area contributed by atoms with Crippen molar-refractivity contribution in [1.29, 1.82) is 0 Å². The quantitative estimate of drug-likeness (QED) is 0.648. The van der Waals surface area contributed by atoms with E-state index >= 15 is 0 Å². The number of amides is 1. The summed E-state index contributed by atoms with van der Waals surface area (Å²) in [6.07, 6.45) is 0.0156. The van der Waals surface area contributed by atoms with Crippen molar-refractivity contribution >= 4 is 17.3 Å². The second kappa shape index (κ2) is 5.23. The Bertz CT molecular complexity index is 518. The Morgan fingerprint density at radius 2 is 2.26 bits per heavy atom. The first kappa shape index (κ1) is 13.3. The second-order valence-corrected chi connectivity index (χ2v) is 4.30. The molecule has 0 fully saturated rings. The number of anilines is 1. The van der Waals surface area contributed by atoms with Crippen LogP contribution < -0.4 is 15.4 Å². The monoisotopic (exact) mass is 265 g/mol. The van der Waals surface area contributed by atoms with Gasteiger partial charge in [0.1, 0.15) is 0 Å². The van der Waals surface area contributed by atoms with Gasteiger partial charge in [-0.25, -0.2) is 0 Å². The molecule has 0 aliphatic carbocycles. The summed E-state index contributed by atoms with van der Waals surface area (Å²) in [6.45, 7) is 2.58. The van der Waals surface area contributed by atoms with Crippen molar-refractivity contribution in [3.8, 4) is 5.75 Å². The van der Waals surface area contributed by atoms with Crippen molar-refractivity contribution in [1.82, 2.24) is 0 Å². The van der Waals surface area contributed by atoms with Gasteiger partial charge in [-0.3, -0.25) is 14.9 Å². The van der Waals surface area contributed by atoms with Gasteiger partial charge in [0.05, 0.1) is 16.7 Å². The summed E-state index contributed by atoms with van der Waals surface area (Å²) in [5, 5.41) is 10.7. The summed E-state index contributed by atoms with van der Waals surface area (Å²) in [5.74, 6) is 0.202. The van der Waals surface area contributed by atoms with E-state index in [1.807, 2.05) is 0 Å². The maximum Gasteiger partial charge on any atom is 0.273 e. The molecule has 0 radical (unpaired) electrons. The largest absolute Gasteiger partial charge is 0.478 e. The van der Waals surface area contributed by atoms with Crippen LogP contribution >= 0.6 is 0 Å². The molecule has 2 N–H and O–H groups in total. The van der Waals surface area contributed by atoms with E-state index in [0.717, 1.165) is 0 Å². The van der Waals surface area contributed by atoms with Crippen LogP contribution in [0.3, 0.4) is 0 Å². The predicted molar refractivity (Wildman–Crippen MR) is 69.2 cm³/mol. The number of rotatable bonds is 4. The number of nitro benzene ring substituents is 1. The molecule has 19 heavy (non-hydrogen) atoms. The highest BCUT2D eigenvalue weighted by atomic mass is 16.6. The summed E-state index contributed by atoms with van der Waals surface area (Å²) in [7, 11) is 0. The molecule has 1 aromatic carbocycles. The molecule has 1 aliphatic rings. The number of nitro groups is 1. The van der Waals surface area contributed by atoms with Crippen LogP contribution in [-0.4, -0.2) is 30.0 Å². The van der Waals surface area contributed by atoms with E-state index in [1.54, 1.807) is 11.8 Å². The highest BCUT2D eigenvalue weighted by Crippen LogP contribution is 2.36. The van der Waals surface area contributed by atoms with Crippen molar-refractivity contribution < 1.29 is 14.5 Å². The van der Waals surface area contributed by atoms with Gasteiger partial charge in [-0.05, 0) is 26.0 Å². The van der Waals surface area contributed by atoms with Gasteiger partial charge in [-0.15, -0.1) is 0 Å². The van der Waals surface area contributed by atoms with E-state index in [1.165, 1.54) is 18.2 Å². The fourth-order valence-electron chi connectivity index (χ4n) is 1.99. The van der Waals surface area contributed by atoms with Crippen LogP contribution in [0.2, 0.25) is 0 Å². The zero-order valence-corrected chi connectivity index (χ0v) is 10.5. The summed E-state index contributed by atoms with van der Waals surface area (Å²) in [5.41, 5.74) is 5.95. The van der Waals surface area contributed by atoms with Crippen molar-refractivity contribution in [3.05, 3.63) is 28.3 Å². The highest BCUT2D eigenvalue weighted by Gasteiger charge is 2.32. The Hall–Kier alpha value is -2.15. The fraction of sp³-hybridized carbons (Fsp3) is 0.417. The highest BCUT2D eigenvalue weighted by molar-refractivity contribution is 6.00. The van der Waals surface area contributed by atoms with Gasteiger partial charge in [0.2, 0.25) is 0 Å². The third-order valence-corrected chi connectivity index (χ3v) is 2.95. The van der Waals surface area contributed by atoms with Crippen LogP contribution in [0.4, 0.5) is 11.4 Å². The Balaban J connectivity index is 2.38.